The molecule has 19 heavy (non-hydrogen) atoms. The Labute approximate surface area is 124 Å². The number of nitrogens with one attached hydrogen (secondary N) is 1. The van der Waals surface area contributed by atoms with Crippen LogP contribution in [0, 0.1) is 5.92 Å². The van der Waals surface area contributed by atoms with Gasteiger partial charge in [0.25, 0.3) is 0 Å². The molecule has 1 unspecified atom stereocenters. The van der Waals surface area contributed by atoms with Crippen LogP contribution in [0.3, 0.4) is 0 Å². The fraction of sp³-hybridized carbons (Fsp3) is 0.692. The number of fused-ring (bicyclic) bond motifs is 1. The number of rotatable bonds is 3. The van der Waals surface area contributed by atoms with Gasteiger partial charge in [-0.1, -0.05) is 19.8 Å². The molecule has 6 heteroatoms. The van der Waals surface area contributed by atoms with Gasteiger partial charge in [-0.3, -0.25) is 4.79 Å². The summed E-state index contributed by atoms with van der Waals surface area (Å²) in [6, 6.07) is 0. The minimum Gasteiger partial charge on any atom is -0.330 e. The summed E-state index contributed by atoms with van der Waals surface area (Å²) in [5, 5.41) is 3.62. The predicted molar refractivity (Wildman–Crippen MR) is 82.1 cm³/mol. The Morgan fingerprint density at radius 2 is 2.05 bits per heavy atom. The molecule has 1 atom stereocenters. The molecule has 0 radical (unpaired) electrons. The summed E-state index contributed by atoms with van der Waals surface area (Å²) in [4.78, 5) is 17.7. The number of nitrogens with zero attached hydrogens (tertiary/aromatic N) is 1. The van der Waals surface area contributed by atoms with Gasteiger partial charge in [-0.25, -0.2) is 4.98 Å². The first kappa shape index (κ1) is 16.4. The summed E-state index contributed by atoms with van der Waals surface area (Å²) in [5.41, 5.74) is 6.68. The molecule has 4 nitrogen and oxygen atoms in total. The Morgan fingerprint density at radius 3 is 2.74 bits per heavy atom. The predicted octanol–water partition coefficient (Wildman–Crippen LogP) is 2.76. The number of thiazole rings is 1. The van der Waals surface area contributed by atoms with Crippen molar-refractivity contribution in [3.8, 4) is 0 Å². The van der Waals surface area contributed by atoms with Crippen molar-refractivity contribution in [2.24, 2.45) is 11.7 Å². The monoisotopic (exact) mass is 303 g/mol. The molecule has 0 spiro atoms. The summed E-state index contributed by atoms with van der Waals surface area (Å²) in [6.45, 7) is 2.20. The molecule has 0 fully saturated rings. The first-order valence-electron chi connectivity index (χ1n) is 6.70. The van der Waals surface area contributed by atoms with Crippen LogP contribution in [0.2, 0.25) is 0 Å². The van der Waals surface area contributed by atoms with E-state index < -0.39 is 0 Å². The highest BCUT2D eigenvalue weighted by molar-refractivity contribution is 7.15. The molecule has 1 aromatic heterocycles. The topological polar surface area (TPSA) is 68.0 Å². The van der Waals surface area contributed by atoms with Crippen molar-refractivity contribution in [3.63, 3.8) is 0 Å². The van der Waals surface area contributed by atoms with E-state index in [0.29, 0.717) is 6.54 Å². The zero-order chi connectivity index (χ0) is 13.0. The number of carbonyl (C=O) groups is 1. The van der Waals surface area contributed by atoms with E-state index in [2.05, 4.69) is 10.3 Å². The van der Waals surface area contributed by atoms with Crippen LogP contribution in [-0.4, -0.2) is 17.4 Å². The standard InChI is InChI=1S/C13H21N3OS.ClH/c1-9(8-14)12(17)16-13-15-10-6-4-2-3-5-7-11(10)18-13;/h9H,2-8,14H2,1H3,(H,15,16,17);1H. The summed E-state index contributed by atoms with van der Waals surface area (Å²) in [6.07, 6.45) is 7.21. The molecule has 0 bridgehead atoms. The third kappa shape index (κ3) is 4.44. The summed E-state index contributed by atoms with van der Waals surface area (Å²) >= 11 is 1.63. The molecule has 1 aromatic rings. The van der Waals surface area contributed by atoms with E-state index in [1.165, 1.54) is 36.3 Å². The van der Waals surface area contributed by atoms with Gasteiger partial charge in [-0.2, -0.15) is 0 Å². The van der Waals surface area contributed by atoms with Crippen LogP contribution in [0.15, 0.2) is 0 Å². The number of carbonyl (C=O) groups excluding carboxylic acids is 1. The van der Waals surface area contributed by atoms with Crippen LogP contribution in [0.5, 0.6) is 0 Å². The largest absolute Gasteiger partial charge is 0.330 e. The summed E-state index contributed by atoms with van der Waals surface area (Å²) in [7, 11) is 0. The van der Waals surface area contributed by atoms with E-state index >= 15 is 0 Å². The van der Waals surface area contributed by atoms with Gasteiger partial charge in [0.15, 0.2) is 5.13 Å². The third-order valence-electron chi connectivity index (χ3n) is 3.38. The number of aryl methyl sites for hydroxylation is 2. The first-order valence-corrected chi connectivity index (χ1v) is 7.52. The van der Waals surface area contributed by atoms with E-state index in [4.69, 9.17) is 5.73 Å². The lowest BCUT2D eigenvalue weighted by Crippen LogP contribution is -2.26. The first-order chi connectivity index (χ1) is 8.70. The van der Waals surface area contributed by atoms with Gasteiger partial charge in [-0.05, 0) is 25.7 Å². The highest BCUT2D eigenvalue weighted by Crippen LogP contribution is 2.28. The van der Waals surface area contributed by atoms with Crippen molar-refractivity contribution in [2.45, 2.75) is 45.4 Å². The number of nitrogens with two attached hydrogens (primary N) is 1. The lowest BCUT2D eigenvalue weighted by Gasteiger charge is -2.06. The number of anilines is 1. The molecule has 1 heterocycles. The van der Waals surface area contributed by atoms with Gasteiger partial charge in [0.2, 0.25) is 5.91 Å². The summed E-state index contributed by atoms with van der Waals surface area (Å²) in [5.74, 6) is -0.185. The molecule has 3 N–H and O–H groups in total. The van der Waals surface area contributed by atoms with Crippen LogP contribution in [0.4, 0.5) is 5.13 Å². The van der Waals surface area contributed by atoms with Gasteiger partial charge in [0.05, 0.1) is 5.69 Å². The maximum absolute atomic E-state index is 11.8. The summed E-state index contributed by atoms with van der Waals surface area (Å²) < 4.78 is 0. The Hall–Kier alpha value is -0.650. The highest BCUT2D eigenvalue weighted by Gasteiger charge is 2.16. The van der Waals surface area contributed by atoms with Crippen molar-refractivity contribution < 1.29 is 4.79 Å². The number of aromatic nitrogens is 1. The molecule has 108 valence electrons. The van der Waals surface area contributed by atoms with E-state index in [1.54, 1.807) is 11.3 Å². The maximum Gasteiger partial charge on any atom is 0.230 e. The SMILES string of the molecule is CC(CN)C(=O)Nc1nc2c(s1)CCCCCC2.Cl. The van der Waals surface area contributed by atoms with Crippen LogP contribution >= 0.6 is 23.7 Å². The minimum absolute atomic E-state index is 0. The molecule has 0 aromatic carbocycles. The molecular weight excluding hydrogens is 282 g/mol. The molecule has 1 amide bonds. The molecule has 0 aliphatic heterocycles. The molecule has 0 saturated carbocycles. The average molecular weight is 304 g/mol. The average Bonchev–Trinajstić information content (AvgIpc) is 2.69. The van der Waals surface area contributed by atoms with E-state index in [0.717, 1.165) is 18.0 Å². The Balaban J connectivity index is 0.00000180. The Kier molecular flexibility index (Phi) is 6.75. The normalized spacial score (nSPS) is 16.5. The van der Waals surface area contributed by atoms with Crippen LogP contribution in [-0.2, 0) is 17.6 Å². The lowest BCUT2D eigenvalue weighted by molar-refractivity contribution is -0.119. The van der Waals surface area contributed by atoms with Crippen molar-refractivity contribution >= 4 is 34.8 Å². The fourth-order valence-corrected chi connectivity index (χ4v) is 3.15. The van der Waals surface area contributed by atoms with Gasteiger partial charge >= 0.3 is 0 Å². The number of hydrogen-bond acceptors (Lipinski definition) is 4. The molecule has 1 aliphatic carbocycles. The van der Waals surface area contributed by atoms with Crippen molar-refractivity contribution in [3.05, 3.63) is 10.6 Å². The van der Waals surface area contributed by atoms with Crippen molar-refractivity contribution in [2.75, 3.05) is 11.9 Å². The molecule has 1 aliphatic rings. The van der Waals surface area contributed by atoms with Gasteiger partial charge in [0.1, 0.15) is 0 Å². The number of hydrogen-bond donors (Lipinski definition) is 2. The van der Waals surface area contributed by atoms with Crippen LogP contribution in [0.25, 0.3) is 0 Å². The number of amides is 1. The van der Waals surface area contributed by atoms with E-state index in [-0.39, 0.29) is 24.2 Å². The molecule has 0 saturated heterocycles. The minimum atomic E-state index is -0.156. The van der Waals surface area contributed by atoms with Gasteiger partial charge in [-0.15, -0.1) is 23.7 Å². The quantitative estimate of drug-likeness (QED) is 0.902. The Morgan fingerprint density at radius 1 is 1.37 bits per heavy atom. The van der Waals surface area contributed by atoms with Gasteiger partial charge in [0, 0.05) is 17.3 Å². The van der Waals surface area contributed by atoms with Crippen LogP contribution < -0.4 is 11.1 Å². The Bertz CT molecular complexity index is 397. The van der Waals surface area contributed by atoms with Gasteiger partial charge < -0.3 is 11.1 Å². The maximum atomic E-state index is 11.8. The smallest absolute Gasteiger partial charge is 0.230 e. The van der Waals surface area contributed by atoms with Crippen molar-refractivity contribution in [1.29, 1.82) is 0 Å². The number of halogens is 1. The van der Waals surface area contributed by atoms with Crippen molar-refractivity contribution in [1.82, 2.24) is 4.98 Å². The lowest BCUT2D eigenvalue weighted by atomic mass is 10.0. The second-order valence-electron chi connectivity index (χ2n) is 4.93. The van der Waals surface area contributed by atoms with E-state index in [9.17, 15) is 4.79 Å². The second kappa shape index (κ2) is 7.82. The third-order valence-corrected chi connectivity index (χ3v) is 4.45. The van der Waals surface area contributed by atoms with Crippen LogP contribution in [0.1, 0.15) is 43.2 Å². The second-order valence-corrected chi connectivity index (χ2v) is 6.01. The fourth-order valence-electron chi connectivity index (χ4n) is 2.09. The molecular formula is C13H22ClN3OS. The zero-order valence-electron chi connectivity index (χ0n) is 11.3. The molecule has 2 rings (SSSR count). The zero-order valence-corrected chi connectivity index (χ0v) is 12.9. The highest BCUT2D eigenvalue weighted by atomic mass is 35.5. The van der Waals surface area contributed by atoms with E-state index in [1.807, 2.05) is 6.92 Å².